The molecule has 0 radical (unpaired) electrons. The number of benzene rings is 1. The first kappa shape index (κ1) is 9.15. The van der Waals surface area contributed by atoms with Gasteiger partial charge in [-0.1, -0.05) is 12.0 Å². The minimum Gasteiger partial charge on any atom is -0.492 e. The van der Waals surface area contributed by atoms with Crippen LogP contribution in [0.5, 0.6) is 5.75 Å². The SMILES string of the molecule is C#Cc1cc(C)ccc1OCC1CC1. The maximum absolute atomic E-state index is 5.66. The zero-order chi connectivity index (χ0) is 9.97. The Bertz CT molecular complexity index is 369. The molecule has 1 saturated carbocycles. The Morgan fingerprint density at radius 3 is 2.93 bits per heavy atom. The highest BCUT2D eigenvalue weighted by Crippen LogP contribution is 2.30. The molecule has 0 bridgehead atoms. The number of terminal acetylenes is 1. The van der Waals surface area contributed by atoms with Crippen molar-refractivity contribution in [1.82, 2.24) is 0 Å². The Morgan fingerprint density at radius 1 is 1.50 bits per heavy atom. The van der Waals surface area contributed by atoms with Crippen molar-refractivity contribution in [1.29, 1.82) is 0 Å². The van der Waals surface area contributed by atoms with Crippen LogP contribution in [-0.2, 0) is 0 Å². The highest BCUT2D eigenvalue weighted by atomic mass is 16.5. The minimum atomic E-state index is 0.766. The van der Waals surface area contributed by atoms with Gasteiger partial charge in [-0.25, -0.2) is 0 Å². The molecule has 1 fully saturated rings. The first-order valence-electron chi connectivity index (χ1n) is 4.99. The normalized spacial score (nSPS) is 14.9. The lowest BCUT2D eigenvalue weighted by atomic mass is 10.1. The van der Waals surface area contributed by atoms with Gasteiger partial charge in [0.15, 0.2) is 0 Å². The summed E-state index contributed by atoms with van der Waals surface area (Å²) in [5.74, 6) is 4.27. The molecule has 0 saturated heterocycles. The van der Waals surface area contributed by atoms with Crippen molar-refractivity contribution >= 4 is 0 Å². The van der Waals surface area contributed by atoms with E-state index in [-0.39, 0.29) is 0 Å². The number of aryl methyl sites for hydroxylation is 1. The van der Waals surface area contributed by atoms with Gasteiger partial charge in [0.25, 0.3) is 0 Å². The lowest BCUT2D eigenvalue weighted by Crippen LogP contribution is -2.00. The lowest BCUT2D eigenvalue weighted by molar-refractivity contribution is 0.299. The van der Waals surface area contributed by atoms with E-state index in [0.717, 1.165) is 23.8 Å². The van der Waals surface area contributed by atoms with E-state index in [0.29, 0.717) is 0 Å². The van der Waals surface area contributed by atoms with Crippen LogP contribution in [0.25, 0.3) is 0 Å². The lowest BCUT2D eigenvalue weighted by Gasteiger charge is -2.07. The van der Waals surface area contributed by atoms with Gasteiger partial charge < -0.3 is 4.74 Å². The van der Waals surface area contributed by atoms with E-state index >= 15 is 0 Å². The molecule has 2 rings (SSSR count). The second-order valence-electron chi connectivity index (χ2n) is 3.90. The highest BCUT2D eigenvalue weighted by Gasteiger charge is 2.22. The molecule has 0 amide bonds. The molecule has 1 aliphatic rings. The van der Waals surface area contributed by atoms with Crippen molar-refractivity contribution < 1.29 is 4.74 Å². The Hall–Kier alpha value is -1.42. The van der Waals surface area contributed by atoms with E-state index < -0.39 is 0 Å². The molecule has 0 N–H and O–H groups in total. The molecular formula is C13H14O. The fourth-order valence-electron chi connectivity index (χ4n) is 1.37. The van der Waals surface area contributed by atoms with E-state index in [4.69, 9.17) is 11.2 Å². The van der Waals surface area contributed by atoms with Gasteiger partial charge in [-0.15, -0.1) is 6.42 Å². The Morgan fingerprint density at radius 2 is 2.29 bits per heavy atom. The Labute approximate surface area is 85.1 Å². The third kappa shape index (κ3) is 2.09. The van der Waals surface area contributed by atoms with Crippen molar-refractivity contribution in [2.24, 2.45) is 5.92 Å². The van der Waals surface area contributed by atoms with Crippen LogP contribution in [0.2, 0.25) is 0 Å². The van der Waals surface area contributed by atoms with Crippen molar-refractivity contribution in [3.05, 3.63) is 29.3 Å². The predicted octanol–water partition coefficient (Wildman–Crippen LogP) is 2.77. The van der Waals surface area contributed by atoms with Crippen molar-refractivity contribution in [2.45, 2.75) is 19.8 Å². The van der Waals surface area contributed by atoms with Gasteiger partial charge in [-0.05, 0) is 43.4 Å². The van der Waals surface area contributed by atoms with E-state index in [2.05, 4.69) is 5.92 Å². The Balaban J connectivity index is 2.10. The molecule has 72 valence electrons. The molecule has 1 aromatic carbocycles. The molecule has 14 heavy (non-hydrogen) atoms. The molecule has 1 aliphatic carbocycles. The van der Waals surface area contributed by atoms with Crippen LogP contribution < -0.4 is 4.74 Å². The van der Waals surface area contributed by atoms with Crippen LogP contribution in [0.1, 0.15) is 24.0 Å². The van der Waals surface area contributed by atoms with Crippen LogP contribution in [0, 0.1) is 25.2 Å². The van der Waals surface area contributed by atoms with Gasteiger partial charge >= 0.3 is 0 Å². The predicted molar refractivity (Wildman–Crippen MR) is 57.3 cm³/mol. The molecular weight excluding hydrogens is 172 g/mol. The first-order chi connectivity index (χ1) is 6.79. The monoisotopic (exact) mass is 186 g/mol. The fourth-order valence-corrected chi connectivity index (χ4v) is 1.37. The molecule has 1 nitrogen and oxygen atoms in total. The Kier molecular flexibility index (Phi) is 2.45. The molecule has 0 heterocycles. The summed E-state index contributed by atoms with van der Waals surface area (Å²) >= 11 is 0. The first-order valence-corrected chi connectivity index (χ1v) is 4.99. The molecule has 0 unspecified atom stereocenters. The van der Waals surface area contributed by atoms with E-state index in [1.165, 1.54) is 18.4 Å². The van der Waals surface area contributed by atoms with Crippen LogP contribution in [-0.4, -0.2) is 6.61 Å². The van der Waals surface area contributed by atoms with Crippen LogP contribution >= 0.6 is 0 Å². The molecule has 1 heteroatoms. The van der Waals surface area contributed by atoms with Crippen molar-refractivity contribution in [3.8, 4) is 18.1 Å². The summed E-state index contributed by atoms with van der Waals surface area (Å²) in [6.07, 6.45) is 8.02. The van der Waals surface area contributed by atoms with Gasteiger partial charge in [-0.3, -0.25) is 0 Å². The van der Waals surface area contributed by atoms with Crippen molar-refractivity contribution in [2.75, 3.05) is 6.61 Å². The second kappa shape index (κ2) is 3.75. The summed E-state index contributed by atoms with van der Waals surface area (Å²) in [5, 5.41) is 0. The molecule has 0 aliphatic heterocycles. The molecule has 0 atom stereocenters. The van der Waals surface area contributed by atoms with Crippen molar-refractivity contribution in [3.63, 3.8) is 0 Å². The second-order valence-corrected chi connectivity index (χ2v) is 3.90. The summed E-state index contributed by atoms with van der Waals surface area (Å²) < 4.78 is 5.66. The zero-order valence-corrected chi connectivity index (χ0v) is 8.42. The molecule has 0 aromatic heterocycles. The summed E-state index contributed by atoms with van der Waals surface area (Å²) in [6, 6.07) is 5.98. The van der Waals surface area contributed by atoms with Crippen LogP contribution in [0.15, 0.2) is 18.2 Å². The third-order valence-corrected chi connectivity index (χ3v) is 2.46. The van der Waals surface area contributed by atoms with E-state index in [9.17, 15) is 0 Å². The van der Waals surface area contributed by atoms with E-state index in [1.54, 1.807) is 0 Å². The largest absolute Gasteiger partial charge is 0.492 e. The maximum atomic E-state index is 5.66. The molecule has 0 spiro atoms. The van der Waals surface area contributed by atoms with Crippen LogP contribution in [0.3, 0.4) is 0 Å². The number of ether oxygens (including phenoxy) is 1. The fraction of sp³-hybridized carbons (Fsp3) is 0.385. The molecule has 1 aromatic rings. The average Bonchev–Trinajstić information content (AvgIpc) is 2.99. The van der Waals surface area contributed by atoms with Gasteiger partial charge in [0.1, 0.15) is 5.75 Å². The quantitative estimate of drug-likeness (QED) is 0.659. The smallest absolute Gasteiger partial charge is 0.134 e. The highest BCUT2D eigenvalue weighted by molar-refractivity contribution is 5.46. The van der Waals surface area contributed by atoms with Crippen LogP contribution in [0.4, 0.5) is 0 Å². The van der Waals surface area contributed by atoms with E-state index in [1.807, 2.05) is 25.1 Å². The zero-order valence-electron chi connectivity index (χ0n) is 8.42. The average molecular weight is 186 g/mol. The third-order valence-electron chi connectivity index (χ3n) is 2.46. The summed E-state index contributed by atoms with van der Waals surface area (Å²) in [6.45, 7) is 2.85. The number of hydrogen-bond acceptors (Lipinski definition) is 1. The topological polar surface area (TPSA) is 9.23 Å². The van der Waals surface area contributed by atoms with Gasteiger partial charge in [0.05, 0.1) is 12.2 Å². The maximum Gasteiger partial charge on any atom is 0.134 e. The van der Waals surface area contributed by atoms with Gasteiger partial charge in [0.2, 0.25) is 0 Å². The van der Waals surface area contributed by atoms with Gasteiger partial charge in [0, 0.05) is 0 Å². The standard InChI is InChI=1S/C13H14O/c1-3-12-8-10(2)4-7-13(12)14-9-11-5-6-11/h1,4,7-8,11H,5-6,9H2,2H3. The number of hydrogen-bond donors (Lipinski definition) is 0. The van der Waals surface area contributed by atoms with Gasteiger partial charge in [-0.2, -0.15) is 0 Å². The minimum absolute atomic E-state index is 0.766. The number of rotatable bonds is 3. The summed E-state index contributed by atoms with van der Waals surface area (Å²) in [5.41, 5.74) is 2.04. The summed E-state index contributed by atoms with van der Waals surface area (Å²) in [4.78, 5) is 0. The summed E-state index contributed by atoms with van der Waals surface area (Å²) in [7, 11) is 0.